The van der Waals surface area contributed by atoms with Crippen LogP contribution in [0.15, 0.2) is 41.3 Å². The Morgan fingerprint density at radius 3 is 2.87 bits per heavy atom. The molecule has 1 saturated heterocycles. The Kier molecular flexibility index (Phi) is 6.20. The number of rotatable bonds is 6. The molecule has 3 aromatic rings. The molecule has 0 saturated carbocycles. The van der Waals surface area contributed by atoms with Crippen LogP contribution >= 0.6 is 11.6 Å². The van der Waals surface area contributed by atoms with Gasteiger partial charge in [0.25, 0.3) is 11.8 Å². The molecule has 0 atom stereocenters. The van der Waals surface area contributed by atoms with Crippen LogP contribution < -0.4 is 4.74 Å². The van der Waals surface area contributed by atoms with Crippen molar-refractivity contribution in [2.45, 2.75) is 25.6 Å². The molecule has 9 nitrogen and oxygen atoms in total. The first-order valence-electron chi connectivity index (χ1n) is 9.47. The summed E-state index contributed by atoms with van der Waals surface area (Å²) in [6.45, 7) is 1.36. The summed E-state index contributed by atoms with van der Waals surface area (Å²) in [5, 5.41) is 4.40. The molecule has 0 unspecified atom stereocenters. The summed E-state index contributed by atoms with van der Waals surface area (Å²) in [5.41, 5.74) is 1.00. The molecule has 2 aromatic heterocycles. The number of carbonyl (C=O) groups excluding carboxylic acids is 1. The van der Waals surface area contributed by atoms with Gasteiger partial charge in [0.05, 0.1) is 25.0 Å². The second-order valence-electron chi connectivity index (χ2n) is 6.75. The number of likely N-dealkylation sites (tertiary alicyclic amines) is 1. The van der Waals surface area contributed by atoms with Crippen molar-refractivity contribution in [3.63, 3.8) is 0 Å². The minimum Gasteiger partial charge on any atom is -0.496 e. The zero-order chi connectivity index (χ0) is 20.9. The number of piperidine rings is 1. The smallest absolute Gasteiger partial charge is 0.257 e. The Hall–Kier alpha value is -3.04. The van der Waals surface area contributed by atoms with Crippen LogP contribution in [0.1, 0.15) is 29.1 Å². The maximum Gasteiger partial charge on any atom is 0.257 e. The van der Waals surface area contributed by atoms with Gasteiger partial charge in [-0.3, -0.25) is 9.78 Å². The lowest BCUT2D eigenvalue weighted by molar-refractivity contribution is -0.00982. The highest BCUT2D eigenvalue weighted by Gasteiger charge is 2.26. The van der Waals surface area contributed by atoms with Crippen LogP contribution in [0.2, 0.25) is 5.02 Å². The molecule has 1 aromatic carbocycles. The standard InChI is InChI=1S/C20H20ClN5O4/c1-28-17-3-2-13(21)10-15(17)20(27)26-8-4-14(5-9-26)29-12-18-24-19(25-30-18)16-11-22-6-7-23-16/h2-3,6-7,10-11,14H,4-5,8-9,12H2,1H3. The Morgan fingerprint density at radius 1 is 1.30 bits per heavy atom. The van der Waals surface area contributed by atoms with Crippen molar-refractivity contribution in [3.8, 4) is 17.3 Å². The fourth-order valence-electron chi connectivity index (χ4n) is 3.26. The highest BCUT2D eigenvalue weighted by atomic mass is 35.5. The molecule has 1 amide bonds. The van der Waals surface area contributed by atoms with E-state index in [4.69, 9.17) is 25.6 Å². The molecule has 0 bridgehead atoms. The predicted octanol–water partition coefficient (Wildman–Crippen LogP) is 3.01. The quantitative estimate of drug-likeness (QED) is 0.589. The van der Waals surface area contributed by atoms with Crippen molar-refractivity contribution < 1.29 is 18.8 Å². The van der Waals surface area contributed by atoms with Crippen molar-refractivity contribution in [1.29, 1.82) is 0 Å². The number of amides is 1. The van der Waals surface area contributed by atoms with E-state index >= 15 is 0 Å². The monoisotopic (exact) mass is 429 g/mol. The number of nitrogens with zero attached hydrogens (tertiary/aromatic N) is 5. The average Bonchev–Trinajstić information content (AvgIpc) is 3.27. The number of hydrogen-bond acceptors (Lipinski definition) is 8. The molecule has 0 spiro atoms. The summed E-state index contributed by atoms with van der Waals surface area (Å²) >= 11 is 6.05. The van der Waals surface area contributed by atoms with E-state index in [0.717, 1.165) is 0 Å². The Bertz CT molecular complexity index is 1010. The number of hydrogen-bond donors (Lipinski definition) is 0. The summed E-state index contributed by atoms with van der Waals surface area (Å²) < 4.78 is 16.4. The van der Waals surface area contributed by atoms with Gasteiger partial charge in [-0.2, -0.15) is 4.98 Å². The van der Waals surface area contributed by atoms with E-state index in [0.29, 0.717) is 59.7 Å². The van der Waals surface area contributed by atoms with Gasteiger partial charge in [0.2, 0.25) is 5.82 Å². The molecule has 0 aliphatic carbocycles. The highest BCUT2D eigenvalue weighted by Crippen LogP contribution is 2.26. The largest absolute Gasteiger partial charge is 0.496 e. The number of methoxy groups -OCH3 is 1. The second-order valence-corrected chi connectivity index (χ2v) is 7.19. The molecule has 1 fully saturated rings. The topological polar surface area (TPSA) is 103 Å². The normalized spacial score (nSPS) is 14.7. The van der Waals surface area contributed by atoms with E-state index in [-0.39, 0.29) is 18.6 Å². The van der Waals surface area contributed by atoms with E-state index in [1.165, 1.54) is 7.11 Å². The van der Waals surface area contributed by atoms with Crippen molar-refractivity contribution in [2.24, 2.45) is 0 Å². The second kappa shape index (κ2) is 9.19. The third kappa shape index (κ3) is 4.58. The molecular weight excluding hydrogens is 410 g/mol. The molecule has 156 valence electrons. The zero-order valence-corrected chi connectivity index (χ0v) is 17.1. The number of benzene rings is 1. The lowest BCUT2D eigenvalue weighted by Gasteiger charge is -2.32. The van der Waals surface area contributed by atoms with Crippen LogP contribution in [-0.4, -0.2) is 57.2 Å². The van der Waals surface area contributed by atoms with Crippen LogP contribution in [0.5, 0.6) is 5.75 Å². The fraction of sp³-hybridized carbons (Fsp3) is 0.350. The first-order chi connectivity index (χ1) is 14.6. The minimum atomic E-state index is -0.0988. The third-order valence-electron chi connectivity index (χ3n) is 4.82. The van der Waals surface area contributed by atoms with Gasteiger partial charge in [-0.25, -0.2) is 4.98 Å². The van der Waals surface area contributed by atoms with Crippen LogP contribution in [0.3, 0.4) is 0 Å². The van der Waals surface area contributed by atoms with Gasteiger partial charge in [-0.1, -0.05) is 16.8 Å². The van der Waals surface area contributed by atoms with E-state index in [1.54, 1.807) is 41.7 Å². The number of aromatic nitrogens is 4. The molecule has 3 heterocycles. The van der Waals surface area contributed by atoms with Gasteiger partial charge in [-0.05, 0) is 31.0 Å². The summed E-state index contributed by atoms with van der Waals surface area (Å²) in [4.78, 5) is 27.0. The van der Waals surface area contributed by atoms with Gasteiger partial charge in [0.1, 0.15) is 18.1 Å². The summed E-state index contributed by atoms with van der Waals surface area (Å²) in [6, 6.07) is 5.03. The van der Waals surface area contributed by atoms with Gasteiger partial charge in [-0.15, -0.1) is 0 Å². The van der Waals surface area contributed by atoms with Crippen LogP contribution in [0, 0.1) is 0 Å². The van der Waals surface area contributed by atoms with Crippen LogP contribution in [0.4, 0.5) is 0 Å². The predicted molar refractivity (Wildman–Crippen MR) is 107 cm³/mol. The lowest BCUT2D eigenvalue weighted by Crippen LogP contribution is -2.41. The summed E-state index contributed by atoms with van der Waals surface area (Å²) in [6.07, 6.45) is 6.13. The Balaban J connectivity index is 1.30. The lowest BCUT2D eigenvalue weighted by atomic mass is 10.1. The van der Waals surface area contributed by atoms with E-state index < -0.39 is 0 Å². The minimum absolute atomic E-state index is 0.00201. The Morgan fingerprint density at radius 2 is 2.13 bits per heavy atom. The number of halogens is 1. The molecular formula is C20H20ClN5O4. The van der Waals surface area contributed by atoms with Gasteiger partial charge < -0.3 is 18.9 Å². The van der Waals surface area contributed by atoms with Crippen molar-refractivity contribution in [2.75, 3.05) is 20.2 Å². The maximum absolute atomic E-state index is 12.9. The third-order valence-corrected chi connectivity index (χ3v) is 5.06. The van der Waals surface area contributed by atoms with Crippen molar-refractivity contribution >= 4 is 17.5 Å². The summed E-state index contributed by atoms with van der Waals surface area (Å²) in [5.74, 6) is 1.16. The zero-order valence-electron chi connectivity index (χ0n) is 16.3. The first kappa shape index (κ1) is 20.2. The van der Waals surface area contributed by atoms with Crippen molar-refractivity contribution in [1.82, 2.24) is 25.0 Å². The SMILES string of the molecule is COc1ccc(Cl)cc1C(=O)N1CCC(OCc2nc(-c3cnccn3)no2)CC1. The molecule has 30 heavy (non-hydrogen) atoms. The Labute approximate surface area is 178 Å². The van der Waals surface area contributed by atoms with Gasteiger partial charge in [0, 0.05) is 30.5 Å². The molecule has 0 radical (unpaired) electrons. The van der Waals surface area contributed by atoms with E-state index in [1.807, 2.05) is 0 Å². The first-order valence-corrected chi connectivity index (χ1v) is 9.85. The summed E-state index contributed by atoms with van der Waals surface area (Å²) in [7, 11) is 1.54. The molecule has 4 rings (SSSR count). The average molecular weight is 430 g/mol. The van der Waals surface area contributed by atoms with Gasteiger partial charge >= 0.3 is 0 Å². The number of ether oxygens (including phenoxy) is 2. The molecule has 1 aliphatic heterocycles. The van der Waals surface area contributed by atoms with Gasteiger partial charge in [0.15, 0.2) is 0 Å². The highest BCUT2D eigenvalue weighted by molar-refractivity contribution is 6.31. The fourth-order valence-corrected chi connectivity index (χ4v) is 3.44. The number of carbonyl (C=O) groups is 1. The maximum atomic E-state index is 12.9. The molecule has 10 heteroatoms. The molecule has 1 aliphatic rings. The molecule has 0 N–H and O–H groups in total. The van der Waals surface area contributed by atoms with Crippen LogP contribution in [0.25, 0.3) is 11.5 Å². The van der Waals surface area contributed by atoms with E-state index in [9.17, 15) is 4.79 Å². The van der Waals surface area contributed by atoms with Crippen LogP contribution in [-0.2, 0) is 11.3 Å². The van der Waals surface area contributed by atoms with Crippen molar-refractivity contribution in [3.05, 3.63) is 53.3 Å². The van der Waals surface area contributed by atoms with E-state index in [2.05, 4.69) is 20.1 Å².